The quantitative estimate of drug-likeness (QED) is 0.810. The molecule has 2 heterocycles. The highest BCUT2D eigenvalue weighted by Gasteiger charge is 2.53. The molecule has 0 saturated carbocycles. The molecule has 1 saturated heterocycles. The summed E-state index contributed by atoms with van der Waals surface area (Å²) in [6.07, 6.45) is 1.49. The van der Waals surface area contributed by atoms with Crippen molar-refractivity contribution in [1.82, 2.24) is 20.2 Å². The van der Waals surface area contributed by atoms with Crippen LogP contribution in [0.15, 0.2) is 36.3 Å². The SMILES string of the molecule is CC(=C(F)B1OC(C)(C)C(C)(C)O1)c1cccc(-n2cnnn2)c1. The lowest BCUT2D eigenvalue weighted by Crippen LogP contribution is -2.41. The Morgan fingerprint density at radius 1 is 1.17 bits per heavy atom. The summed E-state index contributed by atoms with van der Waals surface area (Å²) in [4.78, 5) is 0. The molecule has 6 nitrogen and oxygen atoms in total. The van der Waals surface area contributed by atoms with Gasteiger partial charge >= 0.3 is 7.12 Å². The Kier molecular flexibility index (Phi) is 4.05. The molecular weight excluding hydrogens is 310 g/mol. The molecule has 3 rings (SSSR count). The highest BCUT2D eigenvalue weighted by atomic mass is 19.1. The van der Waals surface area contributed by atoms with Crippen molar-refractivity contribution in [3.8, 4) is 5.69 Å². The molecule has 1 aliphatic rings. The zero-order valence-electron chi connectivity index (χ0n) is 14.4. The normalized spacial score (nSPS) is 20.2. The minimum Gasteiger partial charge on any atom is -0.398 e. The number of aromatic nitrogens is 4. The van der Waals surface area contributed by atoms with E-state index in [1.54, 1.807) is 6.92 Å². The fourth-order valence-corrected chi connectivity index (χ4v) is 2.42. The third kappa shape index (κ3) is 2.87. The Labute approximate surface area is 140 Å². The smallest absolute Gasteiger partial charge is 0.398 e. The van der Waals surface area contributed by atoms with Crippen LogP contribution in [0.3, 0.4) is 0 Å². The van der Waals surface area contributed by atoms with E-state index in [2.05, 4.69) is 15.5 Å². The Bertz CT molecular complexity index is 758. The van der Waals surface area contributed by atoms with Crippen molar-refractivity contribution in [2.24, 2.45) is 0 Å². The number of halogens is 1. The number of benzene rings is 1. The van der Waals surface area contributed by atoms with Gasteiger partial charge in [0.25, 0.3) is 0 Å². The lowest BCUT2D eigenvalue weighted by molar-refractivity contribution is 0.00578. The van der Waals surface area contributed by atoms with Crippen molar-refractivity contribution >= 4 is 12.7 Å². The van der Waals surface area contributed by atoms with Crippen molar-refractivity contribution < 1.29 is 13.7 Å². The first-order chi connectivity index (χ1) is 11.2. The van der Waals surface area contributed by atoms with Crippen LogP contribution in [0.25, 0.3) is 11.3 Å². The van der Waals surface area contributed by atoms with E-state index in [0.717, 1.165) is 11.3 Å². The summed E-state index contributed by atoms with van der Waals surface area (Å²) in [5.41, 5.74) is 0.340. The standard InChI is InChI=1S/C16H20BFN4O2/c1-11(14(18)17-23-15(2,3)16(4,5)24-17)12-7-6-8-13(9-12)22-10-19-20-21-22/h6-10H,1-5H3. The highest BCUT2D eigenvalue weighted by Crippen LogP contribution is 2.40. The van der Waals surface area contributed by atoms with Crippen molar-refractivity contribution in [2.45, 2.75) is 45.8 Å². The zero-order chi connectivity index (χ0) is 17.5. The maximum absolute atomic E-state index is 14.9. The predicted molar refractivity (Wildman–Crippen MR) is 88.9 cm³/mol. The van der Waals surface area contributed by atoms with Crippen molar-refractivity contribution in [2.75, 3.05) is 0 Å². The summed E-state index contributed by atoms with van der Waals surface area (Å²) >= 11 is 0. The van der Waals surface area contributed by atoms with E-state index in [-0.39, 0.29) is 0 Å². The molecule has 0 N–H and O–H groups in total. The van der Waals surface area contributed by atoms with Gasteiger partial charge in [0, 0.05) is 0 Å². The number of allylic oxidation sites excluding steroid dienone is 1. The fourth-order valence-electron chi connectivity index (χ4n) is 2.42. The number of hydrogen-bond acceptors (Lipinski definition) is 5. The third-order valence-electron chi connectivity index (χ3n) is 4.71. The van der Waals surface area contributed by atoms with Crippen LogP contribution in [0.4, 0.5) is 4.39 Å². The van der Waals surface area contributed by atoms with Gasteiger partial charge in [0.1, 0.15) is 12.1 Å². The predicted octanol–water partition coefficient (Wildman–Crippen LogP) is 2.99. The summed E-state index contributed by atoms with van der Waals surface area (Å²) in [5, 5.41) is 11.1. The lowest BCUT2D eigenvalue weighted by Gasteiger charge is -2.32. The molecule has 0 radical (unpaired) electrons. The lowest BCUT2D eigenvalue weighted by atomic mass is 9.83. The minimum atomic E-state index is -1.01. The van der Waals surface area contributed by atoms with Gasteiger partial charge in [-0.15, -0.1) is 5.10 Å². The van der Waals surface area contributed by atoms with Crippen LogP contribution in [0, 0.1) is 0 Å². The molecule has 0 aliphatic carbocycles. The molecule has 2 aromatic rings. The summed E-state index contributed by atoms with van der Waals surface area (Å²) in [7, 11) is -1.01. The second-order valence-corrected chi connectivity index (χ2v) is 6.87. The van der Waals surface area contributed by atoms with Crippen LogP contribution in [-0.2, 0) is 9.31 Å². The van der Waals surface area contributed by atoms with Crippen LogP contribution in [-0.4, -0.2) is 38.5 Å². The number of rotatable bonds is 3. The molecule has 24 heavy (non-hydrogen) atoms. The van der Waals surface area contributed by atoms with Gasteiger partial charge < -0.3 is 9.31 Å². The summed E-state index contributed by atoms with van der Waals surface area (Å²) in [6.45, 7) is 9.29. The molecule has 126 valence electrons. The number of hydrogen-bond donors (Lipinski definition) is 0. The topological polar surface area (TPSA) is 62.1 Å². The monoisotopic (exact) mass is 330 g/mol. The summed E-state index contributed by atoms with van der Waals surface area (Å²) in [5.74, 6) is 0. The average molecular weight is 330 g/mol. The van der Waals surface area contributed by atoms with E-state index in [1.807, 2.05) is 52.0 Å². The molecule has 0 bridgehead atoms. The van der Waals surface area contributed by atoms with Crippen molar-refractivity contribution in [3.63, 3.8) is 0 Å². The Morgan fingerprint density at radius 3 is 2.42 bits per heavy atom. The van der Waals surface area contributed by atoms with Crippen molar-refractivity contribution in [1.29, 1.82) is 0 Å². The van der Waals surface area contributed by atoms with E-state index in [4.69, 9.17) is 9.31 Å². The summed E-state index contributed by atoms with van der Waals surface area (Å²) in [6, 6.07) is 7.32. The van der Waals surface area contributed by atoms with Gasteiger partial charge in [-0.1, -0.05) is 12.1 Å². The third-order valence-corrected chi connectivity index (χ3v) is 4.71. The zero-order valence-corrected chi connectivity index (χ0v) is 14.4. The summed E-state index contributed by atoms with van der Waals surface area (Å²) < 4.78 is 28.0. The maximum Gasteiger partial charge on any atom is 0.525 e. The molecule has 1 aromatic carbocycles. The van der Waals surface area contributed by atoms with Gasteiger partial charge in [0.2, 0.25) is 0 Å². The molecule has 0 amide bonds. The molecule has 0 spiro atoms. The average Bonchev–Trinajstić information content (AvgIpc) is 3.13. The number of tetrazole rings is 1. The minimum absolute atomic E-state index is 0.428. The molecule has 0 atom stereocenters. The Hall–Kier alpha value is -2.06. The van der Waals surface area contributed by atoms with E-state index in [0.29, 0.717) is 5.57 Å². The molecule has 8 heteroatoms. The number of nitrogens with zero attached hydrogens (tertiary/aromatic N) is 4. The van der Waals surface area contributed by atoms with E-state index < -0.39 is 24.0 Å². The highest BCUT2D eigenvalue weighted by molar-refractivity contribution is 6.55. The Balaban J connectivity index is 1.92. The first-order valence-corrected chi connectivity index (χ1v) is 7.77. The van der Waals surface area contributed by atoms with E-state index in [9.17, 15) is 4.39 Å². The Morgan fingerprint density at radius 2 is 1.83 bits per heavy atom. The van der Waals surface area contributed by atoms with Crippen LogP contribution in [0.5, 0.6) is 0 Å². The molecule has 1 fully saturated rings. The van der Waals surface area contributed by atoms with Gasteiger partial charge in [0.15, 0.2) is 0 Å². The molecule has 1 aliphatic heterocycles. The first-order valence-electron chi connectivity index (χ1n) is 7.77. The van der Waals surface area contributed by atoms with E-state index >= 15 is 0 Å². The first kappa shape index (κ1) is 16.8. The largest absolute Gasteiger partial charge is 0.525 e. The van der Waals surface area contributed by atoms with Crippen LogP contribution in [0.1, 0.15) is 40.2 Å². The van der Waals surface area contributed by atoms with E-state index in [1.165, 1.54) is 11.0 Å². The molecular formula is C16H20BFN4O2. The maximum atomic E-state index is 14.9. The fraction of sp³-hybridized carbons (Fsp3) is 0.438. The second kappa shape index (κ2) is 5.79. The van der Waals surface area contributed by atoms with Crippen LogP contribution < -0.4 is 0 Å². The molecule has 0 unspecified atom stereocenters. The molecule has 1 aromatic heterocycles. The van der Waals surface area contributed by atoms with Gasteiger partial charge in [0.05, 0.1) is 16.9 Å². The van der Waals surface area contributed by atoms with Gasteiger partial charge in [-0.25, -0.2) is 9.07 Å². The van der Waals surface area contributed by atoms with Crippen LogP contribution in [0.2, 0.25) is 0 Å². The van der Waals surface area contributed by atoms with Gasteiger partial charge in [-0.2, -0.15) is 0 Å². The second-order valence-electron chi connectivity index (χ2n) is 6.87. The van der Waals surface area contributed by atoms with Gasteiger partial charge in [-0.3, -0.25) is 0 Å². The van der Waals surface area contributed by atoms with Gasteiger partial charge in [-0.05, 0) is 68.3 Å². The van der Waals surface area contributed by atoms with Crippen LogP contribution >= 0.6 is 0 Å². The van der Waals surface area contributed by atoms with Crippen molar-refractivity contribution in [3.05, 3.63) is 41.9 Å².